The first kappa shape index (κ1) is 23.2. The Morgan fingerprint density at radius 1 is 1.40 bits per heavy atom. The quantitative estimate of drug-likeness (QED) is 0.549. The number of hydrogen-bond donors (Lipinski definition) is 0. The molecule has 166 valence electrons. The maximum Gasteiger partial charge on any atom is 0.247 e. The minimum Gasteiger partial charge on any atom is -0.372 e. The highest BCUT2D eigenvalue weighted by Crippen LogP contribution is 2.42. The standard InChI is InChI=1S/C20H26F2N2O4S2/c1-14-5-4-6-15(9-14)30(25,26)20(2)7-8-28-17(11-20)16-10-19(29-12-18(21)22)23-24(16)13-27-3/h4-6,9-10,17-18H,7-8,11-13H2,1-3H3. The SMILES string of the molecule is COCn1nc(SCC(F)F)cc1C1CC(C)(S(=O)(=O)c2cccc(C)c2)CCO1. The Morgan fingerprint density at radius 2 is 2.17 bits per heavy atom. The normalized spacial score (nSPS) is 22.5. The maximum atomic E-state index is 13.4. The molecule has 0 spiro atoms. The molecule has 0 N–H and O–H groups in total. The lowest BCUT2D eigenvalue weighted by Crippen LogP contribution is -2.42. The van der Waals surface area contributed by atoms with Crippen molar-refractivity contribution in [3.8, 4) is 0 Å². The third kappa shape index (κ3) is 4.87. The number of hydrogen-bond acceptors (Lipinski definition) is 6. The fourth-order valence-electron chi connectivity index (χ4n) is 3.58. The highest BCUT2D eigenvalue weighted by Gasteiger charge is 2.45. The minimum absolute atomic E-state index is 0.117. The molecule has 0 amide bonds. The molecule has 1 fully saturated rings. The van der Waals surface area contributed by atoms with Crippen molar-refractivity contribution in [2.24, 2.45) is 0 Å². The van der Waals surface area contributed by atoms with Crippen LogP contribution in [0.25, 0.3) is 0 Å². The molecular weight excluding hydrogens is 434 g/mol. The summed E-state index contributed by atoms with van der Waals surface area (Å²) >= 11 is 0.946. The molecule has 1 aliphatic heterocycles. The van der Waals surface area contributed by atoms with Crippen molar-refractivity contribution in [2.75, 3.05) is 19.5 Å². The molecule has 0 saturated carbocycles. The van der Waals surface area contributed by atoms with Gasteiger partial charge in [-0.25, -0.2) is 21.9 Å². The number of rotatable bonds is 8. The molecule has 1 saturated heterocycles. The maximum absolute atomic E-state index is 13.4. The molecule has 1 aliphatic rings. The van der Waals surface area contributed by atoms with E-state index in [-0.39, 0.29) is 25.5 Å². The first-order chi connectivity index (χ1) is 14.2. The molecule has 0 bridgehead atoms. The summed E-state index contributed by atoms with van der Waals surface area (Å²) in [5, 5.41) is 4.75. The van der Waals surface area contributed by atoms with Crippen molar-refractivity contribution in [2.45, 2.75) is 60.6 Å². The zero-order valence-electron chi connectivity index (χ0n) is 17.2. The monoisotopic (exact) mass is 460 g/mol. The zero-order valence-corrected chi connectivity index (χ0v) is 18.8. The number of aryl methyl sites for hydroxylation is 1. The fourth-order valence-corrected chi connectivity index (χ4v) is 6.13. The van der Waals surface area contributed by atoms with Gasteiger partial charge in [0.25, 0.3) is 0 Å². The number of nitrogens with zero attached hydrogens (tertiary/aromatic N) is 2. The van der Waals surface area contributed by atoms with Gasteiger partial charge in [-0.05, 0) is 50.5 Å². The van der Waals surface area contributed by atoms with E-state index < -0.39 is 27.1 Å². The first-order valence-electron chi connectivity index (χ1n) is 9.57. The van der Waals surface area contributed by atoms with Gasteiger partial charge in [0, 0.05) is 13.7 Å². The molecular formula is C20H26F2N2O4S2. The topological polar surface area (TPSA) is 70.4 Å². The summed E-state index contributed by atoms with van der Waals surface area (Å²) in [7, 11) is -2.10. The number of aromatic nitrogens is 2. The van der Waals surface area contributed by atoms with E-state index in [0.717, 1.165) is 17.3 Å². The van der Waals surface area contributed by atoms with Crippen LogP contribution in [-0.2, 0) is 26.0 Å². The Balaban J connectivity index is 1.90. The van der Waals surface area contributed by atoms with Gasteiger partial charge in [0.1, 0.15) is 17.9 Å². The lowest BCUT2D eigenvalue weighted by Gasteiger charge is -2.37. The highest BCUT2D eigenvalue weighted by molar-refractivity contribution is 7.99. The Morgan fingerprint density at radius 3 is 2.83 bits per heavy atom. The van der Waals surface area contributed by atoms with Crippen molar-refractivity contribution in [1.29, 1.82) is 0 Å². The molecule has 10 heteroatoms. The smallest absolute Gasteiger partial charge is 0.247 e. The highest BCUT2D eigenvalue weighted by atomic mass is 32.2. The predicted molar refractivity (Wildman–Crippen MR) is 111 cm³/mol. The second-order valence-corrected chi connectivity index (χ2v) is 11.1. The lowest BCUT2D eigenvalue weighted by molar-refractivity contribution is -0.00919. The molecule has 1 aromatic heterocycles. The number of halogens is 2. The Hall–Kier alpha value is -1.49. The molecule has 1 aromatic carbocycles. The van der Waals surface area contributed by atoms with Crippen molar-refractivity contribution in [1.82, 2.24) is 9.78 Å². The van der Waals surface area contributed by atoms with E-state index in [1.807, 2.05) is 13.0 Å². The Bertz CT molecular complexity index is 981. The van der Waals surface area contributed by atoms with Crippen LogP contribution in [0.5, 0.6) is 0 Å². The number of thioether (sulfide) groups is 1. The van der Waals surface area contributed by atoms with Crippen molar-refractivity contribution >= 4 is 21.6 Å². The van der Waals surface area contributed by atoms with E-state index in [1.165, 1.54) is 7.11 Å². The van der Waals surface area contributed by atoms with Crippen LogP contribution in [0.3, 0.4) is 0 Å². The van der Waals surface area contributed by atoms with Crippen LogP contribution < -0.4 is 0 Å². The zero-order chi connectivity index (χ0) is 21.9. The molecule has 3 rings (SSSR count). The van der Waals surface area contributed by atoms with Gasteiger partial charge in [-0.1, -0.05) is 23.9 Å². The Kier molecular flexibility index (Phi) is 7.21. The van der Waals surface area contributed by atoms with E-state index >= 15 is 0 Å². The first-order valence-corrected chi connectivity index (χ1v) is 12.0. The van der Waals surface area contributed by atoms with Gasteiger partial charge < -0.3 is 9.47 Å². The van der Waals surface area contributed by atoms with Crippen molar-refractivity contribution in [3.05, 3.63) is 41.6 Å². The van der Waals surface area contributed by atoms with Crippen LogP contribution in [0.1, 0.15) is 37.1 Å². The Labute approximate surface area is 179 Å². The number of sulfone groups is 1. The summed E-state index contributed by atoms with van der Waals surface area (Å²) in [6, 6.07) is 8.58. The van der Waals surface area contributed by atoms with Crippen LogP contribution >= 0.6 is 11.8 Å². The molecule has 0 aliphatic carbocycles. The van der Waals surface area contributed by atoms with E-state index in [2.05, 4.69) is 5.10 Å². The van der Waals surface area contributed by atoms with Crippen molar-refractivity contribution in [3.63, 3.8) is 0 Å². The van der Waals surface area contributed by atoms with Gasteiger partial charge >= 0.3 is 0 Å². The third-order valence-corrected chi connectivity index (χ3v) is 8.70. The van der Waals surface area contributed by atoms with E-state index in [1.54, 1.807) is 35.9 Å². The second-order valence-electron chi connectivity index (χ2n) is 7.61. The summed E-state index contributed by atoms with van der Waals surface area (Å²) in [6.07, 6.45) is -2.38. The van der Waals surface area contributed by atoms with Crippen LogP contribution in [-0.4, -0.2) is 48.8 Å². The minimum atomic E-state index is -3.61. The molecule has 0 radical (unpaired) electrons. The fraction of sp³-hybridized carbons (Fsp3) is 0.550. The number of ether oxygens (including phenoxy) is 2. The van der Waals surface area contributed by atoms with Gasteiger partial charge in [-0.2, -0.15) is 5.10 Å². The van der Waals surface area contributed by atoms with Gasteiger partial charge in [0.15, 0.2) is 9.84 Å². The van der Waals surface area contributed by atoms with Gasteiger partial charge in [0.2, 0.25) is 6.43 Å². The summed E-state index contributed by atoms with van der Waals surface area (Å²) < 4.78 is 63.6. The predicted octanol–water partition coefficient (Wildman–Crippen LogP) is 4.24. The summed E-state index contributed by atoms with van der Waals surface area (Å²) in [6.45, 7) is 3.98. The molecule has 2 unspecified atom stereocenters. The summed E-state index contributed by atoms with van der Waals surface area (Å²) in [5.74, 6) is -0.367. The lowest BCUT2D eigenvalue weighted by atomic mass is 9.95. The number of methoxy groups -OCH3 is 1. The second kappa shape index (κ2) is 9.33. The summed E-state index contributed by atoms with van der Waals surface area (Å²) in [4.78, 5) is 0.296. The number of benzene rings is 1. The molecule has 30 heavy (non-hydrogen) atoms. The van der Waals surface area contributed by atoms with E-state index in [0.29, 0.717) is 22.0 Å². The van der Waals surface area contributed by atoms with Crippen molar-refractivity contribution < 1.29 is 26.7 Å². The van der Waals surface area contributed by atoms with Crippen LogP contribution in [0.15, 0.2) is 40.3 Å². The molecule has 2 aromatic rings. The van der Waals surface area contributed by atoms with Crippen LogP contribution in [0.4, 0.5) is 8.78 Å². The van der Waals surface area contributed by atoms with Gasteiger partial charge in [-0.3, -0.25) is 0 Å². The van der Waals surface area contributed by atoms with E-state index in [9.17, 15) is 17.2 Å². The molecule has 2 atom stereocenters. The molecule has 2 heterocycles. The summed E-state index contributed by atoms with van der Waals surface area (Å²) in [5.41, 5.74) is 1.50. The van der Waals surface area contributed by atoms with Crippen LogP contribution in [0, 0.1) is 6.92 Å². The van der Waals surface area contributed by atoms with Crippen LogP contribution in [0.2, 0.25) is 0 Å². The largest absolute Gasteiger partial charge is 0.372 e. The van der Waals surface area contributed by atoms with E-state index in [4.69, 9.17) is 9.47 Å². The average Bonchev–Trinajstić information content (AvgIpc) is 3.09. The molecule has 6 nitrogen and oxygen atoms in total. The van der Waals surface area contributed by atoms with Gasteiger partial charge in [-0.15, -0.1) is 0 Å². The third-order valence-electron chi connectivity index (χ3n) is 5.24. The number of alkyl halides is 2. The van der Waals surface area contributed by atoms with Gasteiger partial charge in [0.05, 0.1) is 21.1 Å². The average molecular weight is 461 g/mol.